The molecule has 0 saturated heterocycles. The van der Waals surface area contributed by atoms with Crippen molar-refractivity contribution < 1.29 is 0 Å². The van der Waals surface area contributed by atoms with Gasteiger partial charge in [-0.25, -0.2) is 9.97 Å². The first-order chi connectivity index (χ1) is 9.29. The van der Waals surface area contributed by atoms with Gasteiger partial charge < -0.3 is 4.57 Å². The molecule has 19 heavy (non-hydrogen) atoms. The molecule has 0 radical (unpaired) electrons. The fraction of sp³-hybridized carbons (Fsp3) is 0.133. The number of benzene rings is 1. The number of nitrogens with zero attached hydrogens (tertiary/aromatic N) is 3. The zero-order valence-electron chi connectivity index (χ0n) is 10.6. The molecule has 3 rings (SSSR count). The Balaban J connectivity index is 2.21. The highest BCUT2D eigenvalue weighted by molar-refractivity contribution is 5.78. The minimum atomic E-state index is -0.0420. The lowest BCUT2D eigenvalue weighted by molar-refractivity contribution is 0.734. The van der Waals surface area contributed by atoms with Gasteiger partial charge in [0.2, 0.25) is 0 Å². The van der Waals surface area contributed by atoms with Crippen molar-refractivity contribution in [3.63, 3.8) is 0 Å². The average molecular weight is 251 g/mol. The van der Waals surface area contributed by atoms with Crippen LogP contribution in [0.15, 0.2) is 53.6 Å². The van der Waals surface area contributed by atoms with Gasteiger partial charge in [-0.3, -0.25) is 4.79 Å². The summed E-state index contributed by atoms with van der Waals surface area (Å²) >= 11 is 0. The Labute approximate surface area is 110 Å². The molecule has 4 nitrogen and oxygen atoms in total. The quantitative estimate of drug-likeness (QED) is 0.703. The zero-order valence-corrected chi connectivity index (χ0v) is 10.6. The van der Waals surface area contributed by atoms with Gasteiger partial charge >= 0.3 is 0 Å². The van der Waals surface area contributed by atoms with Gasteiger partial charge in [0.15, 0.2) is 5.82 Å². The monoisotopic (exact) mass is 251 g/mol. The van der Waals surface area contributed by atoms with Gasteiger partial charge in [-0.05, 0) is 13.0 Å². The van der Waals surface area contributed by atoms with E-state index in [-0.39, 0.29) is 5.56 Å². The van der Waals surface area contributed by atoms with Crippen LogP contribution in [0, 0.1) is 0 Å². The SMILES string of the molecule is CCn1ccc2nc(-c3ccccc3)ncc2c1=O. The van der Waals surface area contributed by atoms with Gasteiger partial charge in [0.25, 0.3) is 5.56 Å². The minimum Gasteiger partial charge on any atom is -0.315 e. The molecular formula is C15H13N3O. The molecule has 3 aromatic rings. The fourth-order valence-corrected chi connectivity index (χ4v) is 2.05. The van der Waals surface area contributed by atoms with E-state index in [9.17, 15) is 4.79 Å². The second kappa shape index (κ2) is 4.65. The van der Waals surface area contributed by atoms with Crippen LogP contribution in [0.5, 0.6) is 0 Å². The van der Waals surface area contributed by atoms with Crippen LogP contribution in [0.2, 0.25) is 0 Å². The van der Waals surface area contributed by atoms with Crippen molar-refractivity contribution in [3.05, 3.63) is 59.1 Å². The van der Waals surface area contributed by atoms with Gasteiger partial charge in [-0.2, -0.15) is 0 Å². The second-order valence-electron chi connectivity index (χ2n) is 4.27. The van der Waals surface area contributed by atoms with Crippen molar-refractivity contribution in [2.75, 3.05) is 0 Å². The molecule has 0 N–H and O–H groups in total. The maximum atomic E-state index is 12.1. The van der Waals surface area contributed by atoms with Crippen molar-refractivity contribution in [1.29, 1.82) is 0 Å². The minimum absolute atomic E-state index is 0.0420. The molecule has 2 heterocycles. The van der Waals surface area contributed by atoms with Crippen LogP contribution in [-0.2, 0) is 6.54 Å². The maximum absolute atomic E-state index is 12.1. The molecule has 0 atom stereocenters. The number of rotatable bonds is 2. The molecule has 0 amide bonds. The van der Waals surface area contributed by atoms with E-state index in [4.69, 9.17) is 0 Å². The van der Waals surface area contributed by atoms with Crippen molar-refractivity contribution >= 4 is 10.9 Å². The van der Waals surface area contributed by atoms with E-state index in [1.807, 2.05) is 43.3 Å². The number of fused-ring (bicyclic) bond motifs is 1. The standard InChI is InChI=1S/C15H13N3O/c1-2-18-9-8-13-12(15(18)19)10-16-14(17-13)11-6-4-3-5-7-11/h3-10H,2H2,1H3. The van der Waals surface area contributed by atoms with Crippen LogP contribution in [0.4, 0.5) is 0 Å². The fourth-order valence-electron chi connectivity index (χ4n) is 2.05. The average Bonchev–Trinajstić information content (AvgIpc) is 2.48. The van der Waals surface area contributed by atoms with Crippen molar-refractivity contribution in [1.82, 2.24) is 14.5 Å². The molecular weight excluding hydrogens is 238 g/mol. The number of hydrogen-bond acceptors (Lipinski definition) is 3. The van der Waals surface area contributed by atoms with E-state index in [2.05, 4.69) is 9.97 Å². The summed E-state index contributed by atoms with van der Waals surface area (Å²) < 4.78 is 1.65. The predicted molar refractivity (Wildman–Crippen MR) is 74.9 cm³/mol. The molecule has 0 unspecified atom stereocenters. The normalized spacial score (nSPS) is 10.8. The predicted octanol–water partition coefficient (Wildman–Crippen LogP) is 2.48. The topological polar surface area (TPSA) is 47.8 Å². The molecule has 2 aromatic heterocycles. The van der Waals surface area contributed by atoms with Crippen LogP contribution in [0.1, 0.15) is 6.92 Å². The summed E-state index contributed by atoms with van der Waals surface area (Å²) in [4.78, 5) is 20.8. The lowest BCUT2D eigenvalue weighted by Crippen LogP contribution is -2.18. The Kier molecular flexibility index (Phi) is 2.83. The van der Waals surface area contributed by atoms with E-state index < -0.39 is 0 Å². The third-order valence-corrected chi connectivity index (χ3v) is 3.09. The van der Waals surface area contributed by atoms with Crippen molar-refractivity contribution in [3.8, 4) is 11.4 Å². The lowest BCUT2D eigenvalue weighted by atomic mass is 10.2. The van der Waals surface area contributed by atoms with Crippen LogP contribution in [-0.4, -0.2) is 14.5 Å². The summed E-state index contributed by atoms with van der Waals surface area (Å²) in [5.74, 6) is 0.641. The van der Waals surface area contributed by atoms with Gasteiger partial charge in [-0.15, -0.1) is 0 Å². The highest BCUT2D eigenvalue weighted by Gasteiger charge is 2.06. The van der Waals surface area contributed by atoms with Crippen LogP contribution < -0.4 is 5.56 Å². The molecule has 1 aromatic carbocycles. The summed E-state index contributed by atoms with van der Waals surface area (Å²) in [6.45, 7) is 2.58. The van der Waals surface area contributed by atoms with Gasteiger partial charge in [-0.1, -0.05) is 30.3 Å². The molecule has 0 bridgehead atoms. The Morgan fingerprint density at radius 3 is 2.68 bits per heavy atom. The Hall–Kier alpha value is -2.49. The molecule has 0 aliphatic carbocycles. The van der Waals surface area contributed by atoms with E-state index in [1.165, 1.54) is 0 Å². The Morgan fingerprint density at radius 2 is 1.95 bits per heavy atom. The summed E-state index contributed by atoms with van der Waals surface area (Å²) in [6, 6.07) is 11.6. The third-order valence-electron chi connectivity index (χ3n) is 3.09. The summed E-state index contributed by atoms with van der Waals surface area (Å²) in [7, 11) is 0. The van der Waals surface area contributed by atoms with E-state index >= 15 is 0 Å². The molecule has 0 aliphatic rings. The number of hydrogen-bond donors (Lipinski definition) is 0. The first kappa shape index (κ1) is 11.6. The summed E-state index contributed by atoms with van der Waals surface area (Å²) in [6.07, 6.45) is 3.38. The highest BCUT2D eigenvalue weighted by Crippen LogP contribution is 2.16. The molecule has 0 aliphatic heterocycles. The molecule has 0 fully saturated rings. The smallest absolute Gasteiger partial charge is 0.261 e. The lowest BCUT2D eigenvalue weighted by Gasteiger charge is -2.05. The largest absolute Gasteiger partial charge is 0.315 e. The van der Waals surface area contributed by atoms with Crippen molar-refractivity contribution in [2.45, 2.75) is 13.5 Å². The summed E-state index contributed by atoms with van der Waals surface area (Å²) in [5.41, 5.74) is 1.59. The maximum Gasteiger partial charge on any atom is 0.261 e. The Morgan fingerprint density at radius 1 is 1.16 bits per heavy atom. The van der Waals surface area contributed by atoms with Crippen LogP contribution in [0.3, 0.4) is 0 Å². The first-order valence-corrected chi connectivity index (χ1v) is 6.21. The number of pyridine rings is 1. The number of aryl methyl sites for hydroxylation is 1. The second-order valence-corrected chi connectivity index (χ2v) is 4.27. The van der Waals surface area contributed by atoms with Crippen LogP contribution in [0.25, 0.3) is 22.3 Å². The highest BCUT2D eigenvalue weighted by atomic mass is 16.1. The molecule has 4 heteroatoms. The van der Waals surface area contributed by atoms with Crippen molar-refractivity contribution in [2.24, 2.45) is 0 Å². The van der Waals surface area contributed by atoms with E-state index in [0.29, 0.717) is 23.3 Å². The third kappa shape index (κ3) is 2.01. The van der Waals surface area contributed by atoms with E-state index in [0.717, 1.165) is 5.56 Å². The molecule has 94 valence electrons. The Bertz CT molecular complexity index is 778. The van der Waals surface area contributed by atoms with Gasteiger partial charge in [0.05, 0.1) is 10.9 Å². The van der Waals surface area contributed by atoms with Crippen LogP contribution >= 0.6 is 0 Å². The van der Waals surface area contributed by atoms with E-state index in [1.54, 1.807) is 17.0 Å². The number of aromatic nitrogens is 3. The van der Waals surface area contributed by atoms with Gasteiger partial charge in [0, 0.05) is 24.5 Å². The molecule has 0 saturated carbocycles. The molecule has 0 spiro atoms. The zero-order chi connectivity index (χ0) is 13.2. The first-order valence-electron chi connectivity index (χ1n) is 6.21. The van der Waals surface area contributed by atoms with Gasteiger partial charge in [0.1, 0.15) is 0 Å². The summed E-state index contributed by atoms with van der Waals surface area (Å²) in [5, 5.41) is 0.559.